The fourth-order valence-electron chi connectivity index (χ4n) is 2.10. The number of guanidine groups is 1. The second-order valence-corrected chi connectivity index (χ2v) is 10.7. The maximum atomic E-state index is 12.1. The van der Waals surface area contributed by atoms with Gasteiger partial charge in [-0.15, -0.1) is 46.7 Å². The molecule has 0 unspecified atom stereocenters. The zero-order chi connectivity index (χ0) is 19.3. The van der Waals surface area contributed by atoms with Gasteiger partial charge in [-0.25, -0.2) is 17.7 Å². The maximum absolute atomic E-state index is 12.1. The summed E-state index contributed by atoms with van der Waals surface area (Å²) in [5, 5.41) is 7.57. The van der Waals surface area contributed by atoms with E-state index in [1.165, 1.54) is 34.6 Å². The van der Waals surface area contributed by atoms with Gasteiger partial charge in [0.2, 0.25) is 0 Å². The Balaban J connectivity index is 0.00000364. The molecule has 0 atom stereocenters. The Morgan fingerprint density at radius 2 is 1.93 bits per heavy atom. The predicted molar refractivity (Wildman–Crippen MR) is 124 cm³/mol. The van der Waals surface area contributed by atoms with E-state index in [1.54, 1.807) is 24.5 Å². The number of thiazole rings is 1. The van der Waals surface area contributed by atoms with E-state index in [1.807, 2.05) is 13.0 Å². The van der Waals surface area contributed by atoms with Gasteiger partial charge in [-0.2, -0.15) is 0 Å². The van der Waals surface area contributed by atoms with Crippen molar-refractivity contribution < 1.29 is 8.42 Å². The van der Waals surface area contributed by atoms with Gasteiger partial charge < -0.3 is 10.6 Å². The molecule has 0 fully saturated rings. The smallest absolute Gasteiger partial charge is 0.252 e. The summed E-state index contributed by atoms with van der Waals surface area (Å²) in [6, 6.07) is 3.46. The molecule has 11 heteroatoms. The van der Waals surface area contributed by atoms with Gasteiger partial charge in [0.05, 0.1) is 17.2 Å². The third-order valence-corrected chi connectivity index (χ3v) is 8.23. The Hall–Kier alpha value is -0.760. The van der Waals surface area contributed by atoms with E-state index >= 15 is 0 Å². The highest BCUT2D eigenvalue weighted by molar-refractivity contribution is 14.0. The van der Waals surface area contributed by atoms with Crippen LogP contribution in [0.15, 0.2) is 21.3 Å². The number of sulfonamides is 1. The van der Waals surface area contributed by atoms with Crippen LogP contribution >= 0.6 is 46.7 Å². The van der Waals surface area contributed by atoms with Crippen molar-refractivity contribution in [2.75, 3.05) is 27.7 Å². The van der Waals surface area contributed by atoms with Gasteiger partial charge >= 0.3 is 0 Å². The monoisotopic (exact) mass is 543 g/mol. The molecule has 0 amide bonds. The number of aliphatic imine (C=N–C) groups is 1. The van der Waals surface area contributed by atoms with Gasteiger partial charge in [-0.1, -0.05) is 0 Å². The maximum Gasteiger partial charge on any atom is 0.252 e. The van der Waals surface area contributed by atoms with Crippen LogP contribution in [0, 0.1) is 13.8 Å². The van der Waals surface area contributed by atoms with Crippen LogP contribution in [0.1, 0.15) is 20.5 Å². The molecule has 2 heterocycles. The van der Waals surface area contributed by atoms with E-state index in [4.69, 9.17) is 0 Å². The number of nitrogens with one attached hydrogen (secondary N) is 2. The topological polar surface area (TPSA) is 86.7 Å². The summed E-state index contributed by atoms with van der Waals surface area (Å²) in [7, 11) is 1.40. The van der Waals surface area contributed by atoms with Crippen LogP contribution in [0.3, 0.4) is 0 Å². The molecule has 2 rings (SSSR count). The molecule has 0 spiro atoms. The van der Waals surface area contributed by atoms with Crippen LogP contribution in [0.2, 0.25) is 0 Å². The summed E-state index contributed by atoms with van der Waals surface area (Å²) in [6.07, 6.45) is 0.838. The molecule has 27 heavy (non-hydrogen) atoms. The summed E-state index contributed by atoms with van der Waals surface area (Å²) in [5.41, 5.74) is 1.09. The highest BCUT2D eigenvalue weighted by atomic mass is 127. The second-order valence-electron chi connectivity index (χ2n) is 5.86. The third-order valence-electron chi connectivity index (χ3n) is 3.73. The predicted octanol–water partition coefficient (Wildman–Crippen LogP) is 2.60. The molecule has 0 bridgehead atoms. The molecule has 0 aliphatic rings. The molecular weight excluding hydrogens is 517 g/mol. The molecule has 7 nitrogen and oxygen atoms in total. The number of hydrogen-bond donors (Lipinski definition) is 2. The zero-order valence-corrected chi connectivity index (χ0v) is 20.8. The Morgan fingerprint density at radius 1 is 1.22 bits per heavy atom. The van der Waals surface area contributed by atoms with Gasteiger partial charge in [0.25, 0.3) is 10.0 Å². The molecule has 2 aromatic rings. The normalized spacial score (nSPS) is 12.1. The van der Waals surface area contributed by atoms with Crippen LogP contribution in [0.4, 0.5) is 0 Å². The average Bonchev–Trinajstić information content (AvgIpc) is 3.18. The van der Waals surface area contributed by atoms with Crippen LogP contribution in [0.5, 0.6) is 0 Å². The van der Waals surface area contributed by atoms with Crippen LogP contribution < -0.4 is 10.6 Å². The van der Waals surface area contributed by atoms with E-state index in [0.29, 0.717) is 16.7 Å². The van der Waals surface area contributed by atoms with Crippen molar-refractivity contribution in [3.05, 3.63) is 32.6 Å². The molecule has 0 aromatic carbocycles. The van der Waals surface area contributed by atoms with E-state index < -0.39 is 10.0 Å². The minimum Gasteiger partial charge on any atom is -0.356 e. The second kappa shape index (κ2) is 10.7. The molecular formula is C16H26IN5O2S3. The van der Waals surface area contributed by atoms with Crippen molar-refractivity contribution in [3.63, 3.8) is 0 Å². The molecule has 2 aromatic heterocycles. The summed E-state index contributed by atoms with van der Waals surface area (Å²) >= 11 is 2.98. The number of aromatic nitrogens is 1. The summed E-state index contributed by atoms with van der Waals surface area (Å²) in [6.45, 7) is 5.35. The number of aryl methyl sites for hydroxylation is 2. The summed E-state index contributed by atoms with van der Waals surface area (Å²) < 4.78 is 25.8. The lowest BCUT2D eigenvalue weighted by Crippen LogP contribution is -2.37. The Morgan fingerprint density at radius 3 is 2.48 bits per heavy atom. The first-order valence-corrected chi connectivity index (χ1v) is 11.2. The van der Waals surface area contributed by atoms with Crippen molar-refractivity contribution >= 4 is 62.6 Å². The van der Waals surface area contributed by atoms with E-state index in [2.05, 4.69) is 27.5 Å². The number of rotatable bonds is 7. The Labute approximate surface area is 186 Å². The van der Waals surface area contributed by atoms with Crippen LogP contribution in [0.25, 0.3) is 0 Å². The fourth-order valence-corrected chi connectivity index (χ4v) is 5.50. The standard InChI is InChI=1S/C16H25N5O2S3.HI/c1-11-12(2)24-14(20-11)8-9-18-16(17-3)19-10-13-6-7-15(25-13)26(22,23)21(4)5;/h6-7H,8-10H2,1-5H3,(H2,17,18,19);1H. The van der Waals surface area contributed by atoms with E-state index in [9.17, 15) is 8.42 Å². The lowest BCUT2D eigenvalue weighted by molar-refractivity contribution is 0.523. The van der Waals surface area contributed by atoms with Crippen molar-refractivity contribution in [1.82, 2.24) is 19.9 Å². The van der Waals surface area contributed by atoms with E-state index in [0.717, 1.165) is 28.5 Å². The first-order chi connectivity index (χ1) is 12.2. The third kappa shape index (κ3) is 6.66. The van der Waals surface area contributed by atoms with Crippen molar-refractivity contribution in [1.29, 1.82) is 0 Å². The SMILES string of the molecule is CN=C(NCCc1nc(C)c(C)s1)NCc1ccc(S(=O)(=O)N(C)C)s1.I. The summed E-state index contributed by atoms with van der Waals surface area (Å²) in [4.78, 5) is 10.9. The molecule has 0 aliphatic carbocycles. The fraction of sp³-hybridized carbons (Fsp3) is 0.500. The number of halogens is 1. The number of nitrogens with zero attached hydrogens (tertiary/aromatic N) is 3. The van der Waals surface area contributed by atoms with Crippen molar-refractivity contribution in [2.24, 2.45) is 4.99 Å². The highest BCUT2D eigenvalue weighted by Gasteiger charge is 2.19. The average molecular weight is 544 g/mol. The quantitative estimate of drug-likeness (QED) is 0.319. The number of hydrogen-bond acceptors (Lipinski definition) is 6. The van der Waals surface area contributed by atoms with E-state index in [-0.39, 0.29) is 24.0 Å². The largest absolute Gasteiger partial charge is 0.356 e. The first-order valence-electron chi connectivity index (χ1n) is 8.12. The minimum atomic E-state index is -3.37. The van der Waals surface area contributed by atoms with Gasteiger partial charge in [0.1, 0.15) is 4.21 Å². The minimum absolute atomic E-state index is 0. The molecule has 152 valence electrons. The molecule has 0 saturated heterocycles. The van der Waals surface area contributed by atoms with Crippen molar-refractivity contribution in [3.8, 4) is 0 Å². The highest BCUT2D eigenvalue weighted by Crippen LogP contribution is 2.23. The molecule has 2 N–H and O–H groups in total. The van der Waals surface area contributed by atoms with Crippen LogP contribution in [-0.4, -0.2) is 51.4 Å². The zero-order valence-electron chi connectivity index (χ0n) is 16.1. The van der Waals surface area contributed by atoms with Crippen molar-refractivity contribution in [2.45, 2.75) is 31.0 Å². The molecule has 0 saturated carbocycles. The van der Waals surface area contributed by atoms with Gasteiger partial charge in [0.15, 0.2) is 5.96 Å². The molecule has 0 radical (unpaired) electrons. The van der Waals surface area contributed by atoms with Gasteiger partial charge in [-0.3, -0.25) is 4.99 Å². The van der Waals surface area contributed by atoms with Gasteiger partial charge in [0, 0.05) is 43.9 Å². The first kappa shape index (κ1) is 24.3. The van der Waals surface area contributed by atoms with Crippen LogP contribution in [-0.2, 0) is 23.0 Å². The van der Waals surface area contributed by atoms with Gasteiger partial charge in [-0.05, 0) is 26.0 Å². The summed E-state index contributed by atoms with van der Waals surface area (Å²) in [5.74, 6) is 0.681. The molecule has 0 aliphatic heterocycles. The lowest BCUT2D eigenvalue weighted by Gasteiger charge is -2.10. The Kier molecular flexibility index (Phi) is 9.62. The lowest BCUT2D eigenvalue weighted by atomic mass is 10.4. The number of thiophene rings is 1. The Bertz CT molecular complexity index is 855.